The molecule has 2 N–H and O–H groups in total. The molecule has 0 bridgehead atoms. The molecule has 1 aromatic heterocycles. The number of anilines is 1. The van der Waals surface area contributed by atoms with Crippen LogP contribution in [0, 0.1) is 13.8 Å². The number of para-hydroxylation sites is 1. The van der Waals surface area contributed by atoms with Crippen LogP contribution >= 0.6 is 0 Å². The van der Waals surface area contributed by atoms with E-state index in [-0.39, 0.29) is 24.4 Å². The monoisotopic (exact) mass is 343 g/mol. The molecule has 134 valence electrons. The fourth-order valence-corrected chi connectivity index (χ4v) is 2.63. The maximum atomic E-state index is 12.3. The Bertz CT molecular complexity index is 765. The number of nitrogens with zero attached hydrogens (tertiary/aromatic N) is 1. The van der Waals surface area contributed by atoms with Gasteiger partial charge < -0.3 is 20.0 Å². The van der Waals surface area contributed by atoms with Crippen molar-refractivity contribution >= 4 is 17.6 Å². The van der Waals surface area contributed by atoms with Crippen molar-refractivity contribution < 1.29 is 14.0 Å². The third-order valence-electron chi connectivity index (χ3n) is 4.00. The zero-order valence-electron chi connectivity index (χ0n) is 15.3. The summed E-state index contributed by atoms with van der Waals surface area (Å²) in [5.41, 5.74) is 2.35. The van der Waals surface area contributed by atoms with Gasteiger partial charge in [-0.15, -0.1) is 0 Å². The van der Waals surface area contributed by atoms with Crippen LogP contribution in [0.1, 0.15) is 35.6 Å². The average molecular weight is 343 g/mol. The Morgan fingerprint density at radius 3 is 2.48 bits per heavy atom. The van der Waals surface area contributed by atoms with Gasteiger partial charge in [-0.1, -0.05) is 18.2 Å². The summed E-state index contributed by atoms with van der Waals surface area (Å²) < 4.78 is 5.51. The van der Waals surface area contributed by atoms with Gasteiger partial charge in [0.15, 0.2) is 0 Å². The van der Waals surface area contributed by atoms with E-state index in [1.807, 2.05) is 45.0 Å². The molecule has 0 aliphatic rings. The second-order valence-electron chi connectivity index (χ2n) is 6.31. The quantitative estimate of drug-likeness (QED) is 0.873. The SMILES string of the molecule is Cc1cc(C(C)NC(=O)Nc2ccccc2CC(=O)N(C)C)c(C)o1. The van der Waals surface area contributed by atoms with Gasteiger partial charge in [0.05, 0.1) is 12.5 Å². The smallest absolute Gasteiger partial charge is 0.319 e. The fourth-order valence-electron chi connectivity index (χ4n) is 2.63. The van der Waals surface area contributed by atoms with Gasteiger partial charge in [0.2, 0.25) is 5.91 Å². The molecule has 0 saturated heterocycles. The molecule has 1 unspecified atom stereocenters. The van der Waals surface area contributed by atoms with Gasteiger partial charge in [-0.3, -0.25) is 4.79 Å². The molecule has 1 heterocycles. The highest BCUT2D eigenvalue weighted by Gasteiger charge is 2.16. The first-order valence-corrected chi connectivity index (χ1v) is 8.20. The van der Waals surface area contributed by atoms with Crippen molar-refractivity contribution in [1.29, 1.82) is 0 Å². The van der Waals surface area contributed by atoms with E-state index in [4.69, 9.17) is 4.42 Å². The number of urea groups is 1. The van der Waals surface area contributed by atoms with E-state index < -0.39 is 0 Å². The van der Waals surface area contributed by atoms with Crippen LogP contribution in [0.2, 0.25) is 0 Å². The van der Waals surface area contributed by atoms with Crippen LogP contribution in [-0.2, 0) is 11.2 Å². The van der Waals surface area contributed by atoms with Crippen LogP contribution < -0.4 is 10.6 Å². The number of rotatable bonds is 5. The van der Waals surface area contributed by atoms with Crippen LogP contribution in [0.4, 0.5) is 10.5 Å². The van der Waals surface area contributed by atoms with Crippen molar-refractivity contribution in [2.45, 2.75) is 33.2 Å². The lowest BCUT2D eigenvalue weighted by Crippen LogP contribution is -2.32. The van der Waals surface area contributed by atoms with Crippen LogP contribution in [0.3, 0.4) is 0 Å². The van der Waals surface area contributed by atoms with Gasteiger partial charge >= 0.3 is 6.03 Å². The van der Waals surface area contributed by atoms with Gasteiger partial charge in [-0.05, 0) is 38.5 Å². The Labute approximate surface area is 148 Å². The number of benzene rings is 1. The first kappa shape index (κ1) is 18.6. The number of hydrogen-bond acceptors (Lipinski definition) is 3. The molecular formula is C19H25N3O3. The normalized spacial score (nSPS) is 11.7. The summed E-state index contributed by atoms with van der Waals surface area (Å²) in [6.07, 6.45) is 0.235. The predicted molar refractivity (Wildman–Crippen MR) is 97.6 cm³/mol. The summed E-state index contributed by atoms with van der Waals surface area (Å²) in [7, 11) is 3.42. The number of furan rings is 1. The number of nitrogens with one attached hydrogen (secondary N) is 2. The molecule has 1 atom stereocenters. The van der Waals surface area contributed by atoms with Crippen molar-refractivity contribution in [3.63, 3.8) is 0 Å². The standard InChI is InChI=1S/C19H25N3O3/c1-12-10-16(14(3)25-12)13(2)20-19(24)21-17-9-7-6-8-15(17)11-18(23)22(4)5/h6-10,13H,11H2,1-5H3,(H2,20,21,24). The van der Waals surface area contributed by atoms with E-state index >= 15 is 0 Å². The fraction of sp³-hybridized carbons (Fsp3) is 0.368. The second kappa shape index (κ2) is 7.88. The molecule has 3 amide bonds. The zero-order chi connectivity index (χ0) is 18.6. The van der Waals surface area contributed by atoms with Gasteiger partial charge in [-0.25, -0.2) is 4.79 Å². The second-order valence-corrected chi connectivity index (χ2v) is 6.31. The minimum Gasteiger partial charge on any atom is -0.466 e. The van der Waals surface area contributed by atoms with Crippen LogP contribution in [-0.4, -0.2) is 30.9 Å². The Hall–Kier alpha value is -2.76. The largest absolute Gasteiger partial charge is 0.466 e. The lowest BCUT2D eigenvalue weighted by atomic mass is 10.1. The maximum absolute atomic E-state index is 12.3. The minimum atomic E-state index is -0.324. The lowest BCUT2D eigenvalue weighted by Gasteiger charge is -2.17. The van der Waals surface area contributed by atoms with E-state index in [1.165, 1.54) is 4.90 Å². The highest BCUT2D eigenvalue weighted by atomic mass is 16.3. The van der Waals surface area contributed by atoms with E-state index in [1.54, 1.807) is 20.2 Å². The Morgan fingerprint density at radius 1 is 1.20 bits per heavy atom. The van der Waals surface area contributed by atoms with E-state index in [9.17, 15) is 9.59 Å². The molecule has 0 aliphatic heterocycles. The van der Waals surface area contributed by atoms with Crippen molar-refractivity contribution in [2.75, 3.05) is 19.4 Å². The molecule has 0 spiro atoms. The molecule has 2 rings (SSSR count). The number of hydrogen-bond donors (Lipinski definition) is 2. The van der Waals surface area contributed by atoms with Gasteiger partial charge in [-0.2, -0.15) is 0 Å². The summed E-state index contributed by atoms with van der Waals surface area (Å²) in [4.78, 5) is 25.8. The van der Waals surface area contributed by atoms with Crippen LogP contribution in [0.5, 0.6) is 0 Å². The average Bonchev–Trinajstić information content (AvgIpc) is 2.87. The number of carbonyl (C=O) groups is 2. The van der Waals surface area contributed by atoms with Crippen molar-refractivity contribution in [3.05, 3.63) is 53.0 Å². The molecule has 0 aliphatic carbocycles. The van der Waals surface area contributed by atoms with Gasteiger partial charge in [0, 0.05) is 25.3 Å². The molecule has 0 saturated carbocycles. The first-order valence-electron chi connectivity index (χ1n) is 8.20. The minimum absolute atomic E-state index is 0.0208. The maximum Gasteiger partial charge on any atom is 0.319 e. The molecule has 0 radical (unpaired) electrons. The Balaban J connectivity index is 2.05. The first-order chi connectivity index (χ1) is 11.8. The lowest BCUT2D eigenvalue weighted by molar-refractivity contribution is -0.127. The third kappa shape index (κ3) is 4.86. The van der Waals surface area contributed by atoms with Crippen molar-refractivity contribution in [2.24, 2.45) is 0 Å². The topological polar surface area (TPSA) is 74.6 Å². The van der Waals surface area contributed by atoms with Crippen molar-refractivity contribution in [1.82, 2.24) is 10.2 Å². The number of carbonyl (C=O) groups excluding carboxylic acids is 2. The van der Waals surface area contributed by atoms with Crippen LogP contribution in [0.15, 0.2) is 34.7 Å². The summed E-state index contributed by atoms with van der Waals surface area (Å²) in [5.74, 6) is 1.59. The molecular weight excluding hydrogens is 318 g/mol. The number of aryl methyl sites for hydroxylation is 2. The van der Waals surface area contributed by atoms with Gasteiger partial charge in [0.25, 0.3) is 0 Å². The highest BCUT2D eigenvalue weighted by Crippen LogP contribution is 2.22. The summed E-state index contributed by atoms with van der Waals surface area (Å²) in [6, 6.07) is 8.71. The van der Waals surface area contributed by atoms with Crippen molar-refractivity contribution in [3.8, 4) is 0 Å². The summed E-state index contributed by atoms with van der Waals surface area (Å²) in [6.45, 7) is 5.65. The summed E-state index contributed by atoms with van der Waals surface area (Å²) >= 11 is 0. The van der Waals surface area contributed by atoms with E-state index in [2.05, 4.69) is 10.6 Å². The number of likely N-dealkylation sites (N-methyl/N-ethyl adjacent to an activating group) is 1. The molecule has 6 heteroatoms. The van der Waals surface area contributed by atoms with E-state index in [0.29, 0.717) is 5.69 Å². The Morgan fingerprint density at radius 2 is 1.88 bits per heavy atom. The molecule has 6 nitrogen and oxygen atoms in total. The third-order valence-corrected chi connectivity index (χ3v) is 4.00. The molecule has 1 aromatic carbocycles. The molecule has 0 fully saturated rings. The van der Waals surface area contributed by atoms with Gasteiger partial charge in [0.1, 0.15) is 11.5 Å². The Kier molecular flexibility index (Phi) is 5.85. The van der Waals surface area contributed by atoms with Crippen LogP contribution in [0.25, 0.3) is 0 Å². The number of amides is 3. The highest BCUT2D eigenvalue weighted by molar-refractivity contribution is 5.91. The predicted octanol–water partition coefficient (Wildman–Crippen LogP) is 3.41. The van der Waals surface area contributed by atoms with E-state index in [0.717, 1.165) is 22.6 Å². The zero-order valence-corrected chi connectivity index (χ0v) is 15.3. The molecule has 25 heavy (non-hydrogen) atoms. The summed E-state index contributed by atoms with van der Waals surface area (Å²) in [5, 5.41) is 5.73. The molecule has 2 aromatic rings.